The van der Waals surface area contributed by atoms with Crippen LogP contribution < -0.4 is 0 Å². The summed E-state index contributed by atoms with van der Waals surface area (Å²) in [5, 5.41) is 10.8. The van der Waals surface area contributed by atoms with E-state index >= 15 is 0 Å². The molecule has 0 saturated heterocycles. The van der Waals surface area contributed by atoms with Gasteiger partial charge in [0.2, 0.25) is 0 Å². The lowest BCUT2D eigenvalue weighted by molar-refractivity contribution is -0.386. The summed E-state index contributed by atoms with van der Waals surface area (Å²) in [6.07, 6.45) is 0.782. The van der Waals surface area contributed by atoms with Crippen molar-refractivity contribution < 1.29 is 9.66 Å². The Hall–Kier alpha value is -1.42. The molecule has 0 aromatic heterocycles. The van der Waals surface area contributed by atoms with Crippen LogP contribution in [0.3, 0.4) is 0 Å². The lowest BCUT2D eigenvalue weighted by Crippen LogP contribution is -2.02. The van der Waals surface area contributed by atoms with Crippen molar-refractivity contribution in [1.82, 2.24) is 0 Å². The Morgan fingerprint density at radius 3 is 2.67 bits per heavy atom. The van der Waals surface area contributed by atoms with Crippen LogP contribution in [-0.4, -0.2) is 11.5 Å². The van der Waals surface area contributed by atoms with Gasteiger partial charge in [-0.1, -0.05) is 19.1 Å². The SMILES string of the molecule is CCOCc1c(CC)cccc1[N+](=O)[O-]. The lowest BCUT2D eigenvalue weighted by Gasteiger charge is -2.08. The van der Waals surface area contributed by atoms with Crippen molar-refractivity contribution in [2.75, 3.05) is 6.61 Å². The van der Waals surface area contributed by atoms with Crippen molar-refractivity contribution in [2.45, 2.75) is 26.9 Å². The Morgan fingerprint density at radius 1 is 1.40 bits per heavy atom. The second kappa shape index (κ2) is 5.46. The van der Waals surface area contributed by atoms with Crippen LogP contribution >= 0.6 is 0 Å². The number of nitro groups is 1. The molecule has 0 spiro atoms. The second-order valence-electron chi connectivity index (χ2n) is 3.16. The maximum atomic E-state index is 10.8. The molecule has 0 aliphatic heterocycles. The third-order valence-corrected chi connectivity index (χ3v) is 2.28. The van der Waals surface area contributed by atoms with Gasteiger partial charge in [0, 0.05) is 12.7 Å². The molecule has 4 nitrogen and oxygen atoms in total. The molecule has 0 heterocycles. The first-order valence-electron chi connectivity index (χ1n) is 5.03. The quantitative estimate of drug-likeness (QED) is 0.553. The van der Waals surface area contributed by atoms with Gasteiger partial charge in [0.15, 0.2) is 0 Å². The zero-order valence-corrected chi connectivity index (χ0v) is 9.03. The first-order chi connectivity index (χ1) is 7.20. The molecule has 0 atom stereocenters. The predicted molar refractivity (Wildman–Crippen MR) is 57.8 cm³/mol. The highest BCUT2D eigenvalue weighted by Gasteiger charge is 2.15. The zero-order valence-electron chi connectivity index (χ0n) is 9.03. The van der Waals surface area contributed by atoms with Crippen LogP contribution in [0.5, 0.6) is 0 Å². The molecule has 82 valence electrons. The van der Waals surface area contributed by atoms with Crippen molar-refractivity contribution in [1.29, 1.82) is 0 Å². The second-order valence-corrected chi connectivity index (χ2v) is 3.16. The largest absolute Gasteiger partial charge is 0.377 e. The van der Waals surface area contributed by atoms with Gasteiger partial charge in [-0.3, -0.25) is 10.1 Å². The molecule has 15 heavy (non-hydrogen) atoms. The summed E-state index contributed by atoms with van der Waals surface area (Å²) in [6.45, 7) is 4.74. The average molecular weight is 209 g/mol. The van der Waals surface area contributed by atoms with E-state index in [1.54, 1.807) is 6.07 Å². The molecular weight excluding hydrogens is 194 g/mol. The van der Waals surface area contributed by atoms with Gasteiger partial charge in [-0.05, 0) is 18.9 Å². The Morgan fingerprint density at radius 2 is 2.13 bits per heavy atom. The summed E-state index contributed by atoms with van der Waals surface area (Å²) < 4.78 is 5.25. The fraction of sp³-hybridized carbons (Fsp3) is 0.455. The van der Waals surface area contributed by atoms with Gasteiger partial charge in [-0.25, -0.2) is 0 Å². The summed E-state index contributed by atoms with van der Waals surface area (Å²) in [7, 11) is 0. The topological polar surface area (TPSA) is 52.4 Å². The van der Waals surface area contributed by atoms with Gasteiger partial charge < -0.3 is 4.74 Å². The number of nitro benzene ring substituents is 1. The molecule has 1 aromatic carbocycles. The van der Waals surface area contributed by atoms with Crippen LogP contribution in [0.15, 0.2) is 18.2 Å². The van der Waals surface area contributed by atoms with Crippen LogP contribution in [-0.2, 0) is 17.8 Å². The number of nitrogens with zero attached hydrogens (tertiary/aromatic N) is 1. The maximum absolute atomic E-state index is 10.8. The van der Waals surface area contributed by atoms with E-state index < -0.39 is 0 Å². The van der Waals surface area contributed by atoms with Crippen LogP contribution in [0.1, 0.15) is 25.0 Å². The minimum atomic E-state index is -0.354. The van der Waals surface area contributed by atoms with Gasteiger partial charge in [-0.2, -0.15) is 0 Å². The van der Waals surface area contributed by atoms with Crippen molar-refractivity contribution in [3.05, 3.63) is 39.4 Å². The molecular formula is C11H15NO3. The number of ether oxygens (including phenoxy) is 1. The van der Waals surface area contributed by atoms with Crippen LogP contribution in [0.25, 0.3) is 0 Å². The van der Waals surface area contributed by atoms with Gasteiger partial charge in [0.25, 0.3) is 5.69 Å². The van der Waals surface area contributed by atoms with E-state index in [9.17, 15) is 10.1 Å². The Bertz CT molecular complexity index is 350. The third kappa shape index (κ3) is 2.76. The molecule has 0 N–H and O–H groups in total. The maximum Gasteiger partial charge on any atom is 0.275 e. The third-order valence-electron chi connectivity index (χ3n) is 2.28. The standard InChI is InChI=1S/C11H15NO3/c1-3-9-6-5-7-11(12(13)14)10(9)8-15-4-2/h5-7H,3-4,8H2,1-2H3. The fourth-order valence-electron chi connectivity index (χ4n) is 1.49. The highest BCUT2D eigenvalue weighted by atomic mass is 16.6. The van der Waals surface area contributed by atoms with Crippen LogP contribution in [0, 0.1) is 10.1 Å². The summed E-state index contributed by atoms with van der Waals surface area (Å²) >= 11 is 0. The van der Waals surface area contributed by atoms with E-state index in [0.717, 1.165) is 12.0 Å². The van der Waals surface area contributed by atoms with Crippen LogP contribution in [0.4, 0.5) is 5.69 Å². The van der Waals surface area contributed by atoms with E-state index in [-0.39, 0.29) is 10.6 Å². The Labute approximate surface area is 89.0 Å². The summed E-state index contributed by atoms with van der Waals surface area (Å²) in [5.41, 5.74) is 1.84. The monoisotopic (exact) mass is 209 g/mol. The number of rotatable bonds is 5. The molecule has 1 aromatic rings. The van der Waals surface area contributed by atoms with E-state index in [2.05, 4.69) is 0 Å². The van der Waals surface area contributed by atoms with Crippen molar-refractivity contribution >= 4 is 5.69 Å². The number of hydrogen-bond acceptors (Lipinski definition) is 3. The molecule has 0 bridgehead atoms. The van der Waals surface area contributed by atoms with E-state index in [1.807, 2.05) is 19.9 Å². The Kier molecular flexibility index (Phi) is 4.24. The van der Waals surface area contributed by atoms with Crippen molar-refractivity contribution in [3.8, 4) is 0 Å². The molecule has 0 radical (unpaired) electrons. The molecule has 0 amide bonds. The zero-order chi connectivity index (χ0) is 11.3. The van der Waals surface area contributed by atoms with Gasteiger partial charge in [0.05, 0.1) is 17.1 Å². The molecule has 0 fully saturated rings. The number of benzene rings is 1. The fourth-order valence-corrected chi connectivity index (χ4v) is 1.49. The van der Waals surface area contributed by atoms with Gasteiger partial charge in [0.1, 0.15) is 0 Å². The first-order valence-corrected chi connectivity index (χ1v) is 5.03. The van der Waals surface area contributed by atoms with Gasteiger partial charge >= 0.3 is 0 Å². The number of hydrogen-bond donors (Lipinski definition) is 0. The smallest absolute Gasteiger partial charge is 0.275 e. The highest BCUT2D eigenvalue weighted by molar-refractivity contribution is 5.45. The summed E-state index contributed by atoms with van der Waals surface area (Å²) in [5.74, 6) is 0. The van der Waals surface area contributed by atoms with Crippen molar-refractivity contribution in [2.24, 2.45) is 0 Å². The molecule has 0 unspecified atom stereocenters. The summed E-state index contributed by atoms with van der Waals surface area (Å²) in [4.78, 5) is 10.4. The molecule has 4 heteroatoms. The van der Waals surface area contributed by atoms with Crippen molar-refractivity contribution in [3.63, 3.8) is 0 Å². The summed E-state index contributed by atoms with van der Waals surface area (Å²) in [6, 6.07) is 5.14. The highest BCUT2D eigenvalue weighted by Crippen LogP contribution is 2.23. The predicted octanol–water partition coefficient (Wildman–Crippen LogP) is 2.69. The first kappa shape index (κ1) is 11.7. The van der Waals surface area contributed by atoms with E-state index in [0.29, 0.717) is 18.8 Å². The molecule has 1 rings (SSSR count). The van der Waals surface area contributed by atoms with Crippen LogP contribution in [0.2, 0.25) is 0 Å². The minimum absolute atomic E-state index is 0.155. The normalized spacial score (nSPS) is 10.3. The molecule has 0 aliphatic carbocycles. The minimum Gasteiger partial charge on any atom is -0.377 e. The molecule has 0 aliphatic rings. The Balaban J connectivity index is 3.08. The van der Waals surface area contributed by atoms with E-state index in [4.69, 9.17) is 4.74 Å². The number of aryl methyl sites for hydroxylation is 1. The lowest BCUT2D eigenvalue weighted by atomic mass is 10.0. The van der Waals surface area contributed by atoms with E-state index in [1.165, 1.54) is 6.07 Å². The van der Waals surface area contributed by atoms with Gasteiger partial charge in [-0.15, -0.1) is 0 Å². The average Bonchev–Trinajstić information content (AvgIpc) is 2.25. The molecule has 0 saturated carbocycles.